The minimum atomic E-state index is 0.279. The summed E-state index contributed by atoms with van der Waals surface area (Å²) in [5.74, 6) is 1.08. The summed E-state index contributed by atoms with van der Waals surface area (Å²) in [4.78, 5) is 0. The van der Waals surface area contributed by atoms with Crippen LogP contribution in [-0.2, 0) is 0 Å². The van der Waals surface area contributed by atoms with Gasteiger partial charge in [-0.05, 0) is 19.1 Å². The molecule has 0 fully saturated rings. The van der Waals surface area contributed by atoms with Crippen molar-refractivity contribution in [2.24, 2.45) is 0 Å². The van der Waals surface area contributed by atoms with Gasteiger partial charge in [-0.15, -0.1) is 6.58 Å². The summed E-state index contributed by atoms with van der Waals surface area (Å²) >= 11 is 1.79. The minimum absolute atomic E-state index is 0.279. The van der Waals surface area contributed by atoms with Crippen LogP contribution in [0.3, 0.4) is 0 Å². The van der Waals surface area contributed by atoms with E-state index in [2.05, 4.69) is 6.58 Å². The first-order valence-electron chi connectivity index (χ1n) is 3.53. The van der Waals surface area contributed by atoms with Gasteiger partial charge in [0.25, 0.3) is 0 Å². The Bertz CT molecular complexity index is 101. The van der Waals surface area contributed by atoms with Gasteiger partial charge in [-0.3, -0.25) is 0 Å². The van der Waals surface area contributed by atoms with Gasteiger partial charge < -0.3 is 5.11 Å². The minimum Gasteiger partial charge on any atom is -0.395 e. The van der Waals surface area contributed by atoms with Crippen molar-refractivity contribution in [1.29, 1.82) is 0 Å². The summed E-state index contributed by atoms with van der Waals surface area (Å²) in [7, 11) is 0. The van der Waals surface area contributed by atoms with Crippen molar-refractivity contribution in [3.8, 4) is 0 Å². The number of thioether (sulfide) groups is 1. The van der Waals surface area contributed by atoms with Crippen LogP contribution in [0.5, 0.6) is 0 Å². The summed E-state index contributed by atoms with van der Waals surface area (Å²) in [6, 6.07) is 0. The molecule has 0 aliphatic heterocycles. The Morgan fingerprint density at radius 1 is 1.70 bits per heavy atom. The van der Waals surface area contributed by atoms with E-state index < -0.39 is 0 Å². The second-order valence-corrected chi connectivity index (χ2v) is 4.12. The van der Waals surface area contributed by atoms with E-state index in [0.29, 0.717) is 5.25 Å². The first-order chi connectivity index (χ1) is 4.66. The Hall–Kier alpha value is 0.0500. The molecule has 0 saturated heterocycles. The Kier molecular flexibility index (Phi) is 5.84. The third-order valence-electron chi connectivity index (χ3n) is 1.19. The highest BCUT2D eigenvalue weighted by Gasteiger charge is 1.98. The number of hydrogen-bond donors (Lipinski definition) is 1. The van der Waals surface area contributed by atoms with E-state index in [1.807, 2.05) is 13.8 Å². The van der Waals surface area contributed by atoms with Crippen molar-refractivity contribution >= 4 is 11.8 Å². The molecule has 0 aromatic carbocycles. The third-order valence-corrected chi connectivity index (χ3v) is 2.35. The highest BCUT2D eigenvalue weighted by Crippen LogP contribution is 2.12. The van der Waals surface area contributed by atoms with Crippen molar-refractivity contribution in [3.05, 3.63) is 12.2 Å². The van der Waals surface area contributed by atoms with Gasteiger partial charge in [0.2, 0.25) is 0 Å². The van der Waals surface area contributed by atoms with Crippen LogP contribution < -0.4 is 0 Å². The molecule has 10 heavy (non-hydrogen) atoms. The van der Waals surface area contributed by atoms with Crippen LogP contribution in [0.2, 0.25) is 0 Å². The number of aliphatic hydroxyl groups excluding tert-OH is 1. The summed E-state index contributed by atoms with van der Waals surface area (Å²) in [6.07, 6.45) is 1.06. The van der Waals surface area contributed by atoms with E-state index in [4.69, 9.17) is 5.11 Å². The molecule has 1 N–H and O–H groups in total. The van der Waals surface area contributed by atoms with Crippen LogP contribution >= 0.6 is 11.8 Å². The van der Waals surface area contributed by atoms with E-state index in [1.165, 1.54) is 5.57 Å². The molecular weight excluding hydrogens is 144 g/mol. The van der Waals surface area contributed by atoms with Gasteiger partial charge in [0.1, 0.15) is 0 Å². The monoisotopic (exact) mass is 160 g/mol. The maximum absolute atomic E-state index is 8.66. The predicted octanol–water partition coefficient (Wildman–Crippen LogP) is 2.07. The van der Waals surface area contributed by atoms with Crippen LogP contribution in [-0.4, -0.2) is 22.7 Å². The van der Waals surface area contributed by atoms with E-state index >= 15 is 0 Å². The molecule has 0 rings (SSSR count). The predicted molar refractivity (Wildman–Crippen MR) is 48.4 cm³/mol. The summed E-state index contributed by atoms with van der Waals surface area (Å²) in [5.41, 5.74) is 1.22. The van der Waals surface area contributed by atoms with Crippen molar-refractivity contribution in [2.45, 2.75) is 25.5 Å². The van der Waals surface area contributed by atoms with Gasteiger partial charge in [0, 0.05) is 5.25 Å². The van der Waals surface area contributed by atoms with Crippen molar-refractivity contribution in [1.82, 2.24) is 0 Å². The van der Waals surface area contributed by atoms with Crippen LogP contribution in [0, 0.1) is 0 Å². The molecule has 0 heterocycles. The first-order valence-corrected chi connectivity index (χ1v) is 4.58. The summed E-state index contributed by atoms with van der Waals surface area (Å²) < 4.78 is 0. The van der Waals surface area contributed by atoms with Crippen LogP contribution in [0.15, 0.2) is 12.2 Å². The number of rotatable bonds is 5. The zero-order chi connectivity index (χ0) is 7.98. The molecule has 1 nitrogen and oxygen atoms in total. The van der Waals surface area contributed by atoms with Gasteiger partial charge in [0.05, 0.1) is 6.61 Å². The molecule has 1 atom stereocenters. The summed E-state index contributed by atoms with van der Waals surface area (Å²) in [6.45, 7) is 8.14. The molecule has 0 aliphatic rings. The molecular formula is C8H16OS. The van der Waals surface area contributed by atoms with Gasteiger partial charge in [-0.2, -0.15) is 11.8 Å². The highest BCUT2D eigenvalue weighted by molar-refractivity contribution is 7.99. The zero-order valence-corrected chi connectivity index (χ0v) is 7.58. The van der Waals surface area contributed by atoms with Crippen molar-refractivity contribution in [2.75, 3.05) is 12.4 Å². The number of allylic oxidation sites excluding steroid dienone is 1. The second kappa shape index (κ2) is 5.81. The Morgan fingerprint density at radius 3 is 2.70 bits per heavy atom. The maximum Gasteiger partial charge on any atom is 0.0547 e. The third kappa shape index (κ3) is 6.17. The number of aliphatic hydroxyl groups is 1. The second-order valence-electron chi connectivity index (χ2n) is 2.57. The zero-order valence-electron chi connectivity index (χ0n) is 6.76. The summed E-state index contributed by atoms with van der Waals surface area (Å²) in [5, 5.41) is 9.03. The fourth-order valence-electron chi connectivity index (χ4n) is 0.487. The van der Waals surface area contributed by atoms with Crippen LogP contribution in [0.25, 0.3) is 0 Å². The topological polar surface area (TPSA) is 20.2 Å². The smallest absolute Gasteiger partial charge is 0.0547 e. The lowest BCUT2D eigenvalue weighted by atomic mass is 10.3. The quantitative estimate of drug-likeness (QED) is 0.621. The van der Waals surface area contributed by atoms with Crippen LogP contribution in [0.4, 0.5) is 0 Å². The molecule has 0 saturated carbocycles. The Morgan fingerprint density at radius 2 is 2.30 bits per heavy atom. The number of hydrogen-bond acceptors (Lipinski definition) is 2. The van der Waals surface area contributed by atoms with Crippen LogP contribution in [0.1, 0.15) is 20.3 Å². The van der Waals surface area contributed by atoms with Gasteiger partial charge in [-0.25, -0.2) is 0 Å². The molecule has 2 heteroatoms. The first kappa shape index (κ1) is 10.0. The molecule has 0 aliphatic carbocycles. The largest absolute Gasteiger partial charge is 0.395 e. The van der Waals surface area contributed by atoms with E-state index in [1.54, 1.807) is 11.8 Å². The average molecular weight is 160 g/mol. The van der Waals surface area contributed by atoms with Gasteiger partial charge in [-0.1, -0.05) is 12.5 Å². The molecule has 0 amide bonds. The standard InChI is InChI=1S/C8H16OS/c1-7(2)4-5-10-8(3)6-9/h8-9H,1,4-6H2,2-3H3. The molecule has 0 aromatic rings. The normalized spacial score (nSPS) is 13.1. The fourth-order valence-corrected chi connectivity index (χ4v) is 1.46. The molecule has 1 unspecified atom stereocenters. The SMILES string of the molecule is C=C(C)CCSC(C)CO. The molecule has 0 radical (unpaired) electrons. The molecule has 0 spiro atoms. The Balaban J connectivity index is 3.11. The fraction of sp³-hybridized carbons (Fsp3) is 0.750. The lowest BCUT2D eigenvalue weighted by molar-refractivity contribution is 0.300. The maximum atomic E-state index is 8.66. The van der Waals surface area contributed by atoms with E-state index in [9.17, 15) is 0 Å². The van der Waals surface area contributed by atoms with Crippen molar-refractivity contribution < 1.29 is 5.11 Å². The van der Waals surface area contributed by atoms with E-state index in [0.717, 1.165) is 12.2 Å². The van der Waals surface area contributed by atoms with Gasteiger partial charge >= 0.3 is 0 Å². The van der Waals surface area contributed by atoms with Crippen molar-refractivity contribution in [3.63, 3.8) is 0 Å². The van der Waals surface area contributed by atoms with Gasteiger partial charge in [0.15, 0.2) is 0 Å². The molecule has 0 aromatic heterocycles. The average Bonchev–Trinajstić information content (AvgIpc) is 1.87. The lowest BCUT2D eigenvalue weighted by Crippen LogP contribution is -2.02. The lowest BCUT2D eigenvalue weighted by Gasteiger charge is -2.06. The van der Waals surface area contributed by atoms with E-state index in [-0.39, 0.29) is 6.61 Å². The molecule has 60 valence electrons. The molecule has 0 bridgehead atoms. The Labute approximate surface area is 67.5 Å². The highest BCUT2D eigenvalue weighted by atomic mass is 32.2.